The number of likely N-dealkylation sites (N-methyl/N-ethyl adjacent to an activating group) is 1. The van der Waals surface area contributed by atoms with Crippen LogP contribution in [0.25, 0.3) is 0 Å². The molecule has 6 unspecified atom stereocenters. The molecule has 0 radical (unpaired) electrons. The third-order valence-electron chi connectivity index (χ3n) is 8.45. The number of hydrogen-bond donors (Lipinski definition) is 4. The number of fused-ring (bicyclic) bond motifs is 2. The molecule has 6 atom stereocenters. The molecule has 2 aromatic heterocycles. The second kappa shape index (κ2) is 14.7. The first-order valence-corrected chi connectivity index (χ1v) is 16.2. The lowest BCUT2D eigenvalue weighted by Crippen LogP contribution is -2.51. The molecule has 4 rings (SSSR count). The molecule has 0 aromatic carbocycles. The Morgan fingerprint density at radius 3 is 2.52 bits per heavy atom. The van der Waals surface area contributed by atoms with E-state index in [-0.39, 0.29) is 51.3 Å². The van der Waals surface area contributed by atoms with Crippen LogP contribution in [0.1, 0.15) is 62.0 Å². The van der Waals surface area contributed by atoms with Crippen LogP contribution in [0.5, 0.6) is 0 Å². The lowest BCUT2D eigenvalue weighted by molar-refractivity contribution is -0.137. The quantitative estimate of drug-likeness (QED) is 0.269. The van der Waals surface area contributed by atoms with Gasteiger partial charge in [-0.15, -0.1) is 11.3 Å². The Hall–Kier alpha value is -3.22. The van der Waals surface area contributed by atoms with E-state index in [0.717, 1.165) is 30.6 Å². The average Bonchev–Trinajstić information content (AvgIpc) is 3.31. The monoisotopic (exact) mass is 665 g/mol. The van der Waals surface area contributed by atoms with E-state index >= 15 is 0 Å². The lowest BCUT2D eigenvalue weighted by atomic mass is 9.63. The number of carbonyl (C=O) groups is 5. The number of thiophene rings is 1. The van der Waals surface area contributed by atoms with Crippen molar-refractivity contribution in [1.82, 2.24) is 20.5 Å². The van der Waals surface area contributed by atoms with Gasteiger partial charge in [0.05, 0.1) is 9.90 Å². The highest BCUT2D eigenvalue weighted by Gasteiger charge is 2.40. The Labute approximate surface area is 269 Å². The standard InChI is InChI=1S/C30H37Cl2N5O6S/c1-15-9-17-11-16(2)25(18(10-15)12-17)36-24(39)14-37-8-4-5-21(30(37)43)35-27(40)20(6-7-22(38)28(41)33-3)34-29(42)23-13-19(31)26(32)44-23/h4-5,8,13,15-18,20,25H,6-7,9-12,14H2,1-3H3,(H,33,41)(H,34,42)(H,35,40)(H,36,39). The first-order valence-electron chi connectivity index (χ1n) is 14.7. The summed E-state index contributed by atoms with van der Waals surface area (Å²) in [7, 11) is 1.30. The van der Waals surface area contributed by atoms with E-state index < -0.39 is 35.1 Å². The van der Waals surface area contributed by atoms with Gasteiger partial charge >= 0.3 is 0 Å². The van der Waals surface area contributed by atoms with Crippen molar-refractivity contribution < 1.29 is 24.0 Å². The van der Waals surface area contributed by atoms with Crippen LogP contribution in [-0.2, 0) is 25.7 Å². The molecular formula is C30H37Cl2N5O6S. The number of hydrogen-bond acceptors (Lipinski definition) is 7. The number of rotatable bonds is 11. The summed E-state index contributed by atoms with van der Waals surface area (Å²) in [6, 6.07) is 3.02. The zero-order chi connectivity index (χ0) is 32.1. The summed E-state index contributed by atoms with van der Waals surface area (Å²) >= 11 is 12.8. The van der Waals surface area contributed by atoms with Crippen molar-refractivity contribution in [3.05, 3.63) is 49.0 Å². The molecule has 2 fully saturated rings. The zero-order valence-corrected chi connectivity index (χ0v) is 27.1. The largest absolute Gasteiger partial charge is 0.353 e. The average molecular weight is 667 g/mol. The number of halogens is 2. The van der Waals surface area contributed by atoms with Crippen LogP contribution in [0.15, 0.2) is 29.2 Å². The topological polar surface area (TPSA) is 155 Å². The van der Waals surface area contributed by atoms with E-state index in [1.54, 1.807) is 0 Å². The van der Waals surface area contributed by atoms with E-state index in [2.05, 4.69) is 35.1 Å². The van der Waals surface area contributed by atoms with E-state index in [1.165, 1.54) is 42.4 Å². The summed E-state index contributed by atoms with van der Waals surface area (Å²) in [5.41, 5.74) is -0.721. The maximum absolute atomic E-state index is 13.3. The van der Waals surface area contributed by atoms with Crippen molar-refractivity contribution in [2.24, 2.45) is 23.7 Å². The number of anilines is 1. The predicted octanol–water partition coefficient (Wildman–Crippen LogP) is 3.63. The molecule has 0 aliphatic heterocycles. The zero-order valence-electron chi connectivity index (χ0n) is 24.8. The van der Waals surface area contributed by atoms with Gasteiger partial charge in [0.15, 0.2) is 0 Å². The molecule has 2 bridgehead atoms. The van der Waals surface area contributed by atoms with E-state index in [9.17, 15) is 28.8 Å². The molecule has 4 amide bonds. The Bertz CT molecular complexity index is 1470. The fourth-order valence-corrected chi connectivity index (χ4v) is 7.80. The normalized spacial score (nSPS) is 23.2. The third-order valence-corrected chi connectivity index (χ3v) is 10.3. The predicted molar refractivity (Wildman–Crippen MR) is 169 cm³/mol. The van der Waals surface area contributed by atoms with Crippen LogP contribution in [0, 0.1) is 23.7 Å². The molecule has 44 heavy (non-hydrogen) atoms. The number of pyridine rings is 1. The van der Waals surface area contributed by atoms with Crippen molar-refractivity contribution in [2.75, 3.05) is 12.4 Å². The van der Waals surface area contributed by atoms with Gasteiger partial charge in [0, 0.05) is 25.7 Å². The SMILES string of the molecule is CNC(=O)C(=O)CCC(NC(=O)c1cc(Cl)c(Cl)s1)C(=O)Nc1cccn(CC(=O)NC2C(C)CC3CC(C)CC2C3)c1=O. The molecule has 4 N–H and O–H groups in total. The van der Waals surface area contributed by atoms with Gasteiger partial charge in [-0.1, -0.05) is 37.0 Å². The number of carbonyl (C=O) groups excluding carboxylic acids is 5. The van der Waals surface area contributed by atoms with Gasteiger partial charge in [-0.2, -0.15) is 0 Å². The Morgan fingerprint density at radius 2 is 1.84 bits per heavy atom. The first-order chi connectivity index (χ1) is 20.9. The van der Waals surface area contributed by atoms with Gasteiger partial charge in [-0.25, -0.2) is 0 Å². The minimum absolute atomic E-state index is 0.0510. The number of aromatic nitrogens is 1. The summed E-state index contributed by atoms with van der Waals surface area (Å²) < 4.78 is 1.40. The minimum atomic E-state index is -1.29. The molecular weight excluding hydrogens is 629 g/mol. The molecule has 2 aliphatic carbocycles. The maximum atomic E-state index is 13.3. The van der Waals surface area contributed by atoms with Crippen molar-refractivity contribution in [3.8, 4) is 0 Å². The van der Waals surface area contributed by atoms with Crippen LogP contribution in [0.3, 0.4) is 0 Å². The third kappa shape index (κ3) is 8.28. The van der Waals surface area contributed by atoms with Crippen molar-refractivity contribution in [2.45, 2.75) is 71.0 Å². The van der Waals surface area contributed by atoms with Crippen molar-refractivity contribution in [1.29, 1.82) is 0 Å². The molecule has 238 valence electrons. The van der Waals surface area contributed by atoms with Crippen LogP contribution < -0.4 is 26.8 Å². The van der Waals surface area contributed by atoms with E-state index in [4.69, 9.17) is 23.2 Å². The van der Waals surface area contributed by atoms with Gasteiger partial charge in [-0.3, -0.25) is 28.8 Å². The molecule has 11 nitrogen and oxygen atoms in total. The molecule has 2 heterocycles. The second-order valence-corrected chi connectivity index (χ2v) is 13.9. The highest BCUT2D eigenvalue weighted by Crippen LogP contribution is 2.44. The molecule has 0 saturated heterocycles. The van der Waals surface area contributed by atoms with Gasteiger partial charge in [0.25, 0.3) is 17.4 Å². The summed E-state index contributed by atoms with van der Waals surface area (Å²) in [5.74, 6) is -1.25. The first kappa shape index (κ1) is 33.7. The Kier molecular flexibility index (Phi) is 11.3. The van der Waals surface area contributed by atoms with Crippen molar-refractivity contribution >= 4 is 69.6 Å². The Balaban J connectivity index is 1.44. The summed E-state index contributed by atoms with van der Waals surface area (Å²) in [6.45, 7) is 4.20. The van der Waals surface area contributed by atoms with Crippen LogP contribution in [-0.4, -0.2) is 53.1 Å². The summed E-state index contributed by atoms with van der Waals surface area (Å²) in [4.78, 5) is 76.5. The van der Waals surface area contributed by atoms with Crippen LogP contribution >= 0.6 is 34.5 Å². The van der Waals surface area contributed by atoms with Gasteiger partial charge in [-0.05, 0) is 74.0 Å². The smallest absolute Gasteiger partial charge is 0.287 e. The number of Topliss-reactive ketones (excluding diaryl/α,β-unsaturated/α-hetero) is 1. The van der Waals surface area contributed by atoms with Gasteiger partial charge in [0.1, 0.15) is 22.6 Å². The second-order valence-electron chi connectivity index (χ2n) is 11.9. The number of nitrogens with zero attached hydrogens (tertiary/aromatic N) is 1. The molecule has 14 heteroatoms. The highest BCUT2D eigenvalue weighted by atomic mass is 35.5. The number of amides is 4. The van der Waals surface area contributed by atoms with Crippen LogP contribution in [0.2, 0.25) is 9.36 Å². The fourth-order valence-electron chi connectivity index (χ4n) is 6.53. The Morgan fingerprint density at radius 1 is 1.09 bits per heavy atom. The minimum Gasteiger partial charge on any atom is -0.353 e. The van der Waals surface area contributed by atoms with E-state index in [1.807, 2.05) is 0 Å². The molecule has 2 aromatic rings. The summed E-state index contributed by atoms with van der Waals surface area (Å²) in [5, 5.41) is 10.6. The van der Waals surface area contributed by atoms with Gasteiger partial charge in [0.2, 0.25) is 17.6 Å². The maximum Gasteiger partial charge on any atom is 0.287 e. The number of ketones is 1. The molecule has 2 saturated carbocycles. The van der Waals surface area contributed by atoms with Crippen LogP contribution in [0.4, 0.5) is 5.69 Å². The fraction of sp³-hybridized carbons (Fsp3) is 0.533. The van der Waals surface area contributed by atoms with Crippen molar-refractivity contribution in [3.63, 3.8) is 0 Å². The number of nitrogens with one attached hydrogen (secondary N) is 4. The molecule has 2 aliphatic rings. The van der Waals surface area contributed by atoms with Gasteiger partial charge < -0.3 is 25.8 Å². The summed E-state index contributed by atoms with van der Waals surface area (Å²) in [6.07, 6.45) is 5.40. The highest BCUT2D eigenvalue weighted by molar-refractivity contribution is 7.18. The molecule has 0 spiro atoms. The van der Waals surface area contributed by atoms with E-state index in [0.29, 0.717) is 23.7 Å². The lowest BCUT2D eigenvalue weighted by Gasteiger charge is -2.46.